The molecule has 0 amide bonds. The van der Waals surface area contributed by atoms with Gasteiger partial charge in [-0.1, -0.05) is 6.07 Å². The van der Waals surface area contributed by atoms with E-state index in [0.29, 0.717) is 17.9 Å². The van der Waals surface area contributed by atoms with Crippen LogP contribution in [0.4, 0.5) is 0 Å². The summed E-state index contributed by atoms with van der Waals surface area (Å²) in [6.45, 7) is 1.87. The van der Waals surface area contributed by atoms with E-state index in [1.54, 1.807) is 12.1 Å². The van der Waals surface area contributed by atoms with Crippen LogP contribution in [0.5, 0.6) is 17.2 Å². The zero-order chi connectivity index (χ0) is 12.1. The van der Waals surface area contributed by atoms with Gasteiger partial charge >= 0.3 is 0 Å². The minimum Gasteiger partial charge on any atom is -0.493 e. The van der Waals surface area contributed by atoms with Gasteiger partial charge in [-0.05, 0) is 19.4 Å². The summed E-state index contributed by atoms with van der Waals surface area (Å²) in [7, 11) is 3.00. The lowest BCUT2D eigenvalue weighted by Crippen LogP contribution is -2.18. The van der Waals surface area contributed by atoms with Crippen molar-refractivity contribution in [2.24, 2.45) is 5.73 Å². The molecular formula is C11H17NO4. The normalized spacial score (nSPS) is 12.1. The average molecular weight is 227 g/mol. The number of nitrogens with two attached hydrogens (primary N) is 1. The van der Waals surface area contributed by atoms with Crippen molar-refractivity contribution in [1.29, 1.82) is 0 Å². The molecule has 0 heterocycles. The van der Waals surface area contributed by atoms with Gasteiger partial charge in [-0.25, -0.2) is 5.26 Å². The highest BCUT2D eigenvalue weighted by atomic mass is 17.1. The summed E-state index contributed by atoms with van der Waals surface area (Å²) < 4.78 is 10.2. The van der Waals surface area contributed by atoms with Crippen LogP contribution in [0.15, 0.2) is 12.1 Å². The van der Waals surface area contributed by atoms with E-state index in [9.17, 15) is 0 Å². The van der Waals surface area contributed by atoms with Crippen molar-refractivity contribution in [3.63, 3.8) is 0 Å². The SMILES string of the molecule is COc1ccc(CC(C)N)c(OO)c1OC. The van der Waals surface area contributed by atoms with E-state index in [-0.39, 0.29) is 11.8 Å². The van der Waals surface area contributed by atoms with E-state index < -0.39 is 0 Å². The Bertz CT molecular complexity index is 352. The van der Waals surface area contributed by atoms with E-state index in [1.165, 1.54) is 14.2 Å². The van der Waals surface area contributed by atoms with Crippen LogP contribution in [0.2, 0.25) is 0 Å². The van der Waals surface area contributed by atoms with Crippen LogP contribution >= 0.6 is 0 Å². The van der Waals surface area contributed by atoms with Crippen LogP contribution in [-0.4, -0.2) is 25.5 Å². The fourth-order valence-corrected chi connectivity index (χ4v) is 1.55. The number of hydrogen-bond acceptors (Lipinski definition) is 5. The largest absolute Gasteiger partial charge is 0.493 e. The molecule has 16 heavy (non-hydrogen) atoms. The van der Waals surface area contributed by atoms with Gasteiger partial charge in [0.25, 0.3) is 0 Å². The van der Waals surface area contributed by atoms with Gasteiger partial charge in [-0.2, -0.15) is 0 Å². The lowest BCUT2D eigenvalue weighted by atomic mass is 10.1. The highest BCUT2D eigenvalue weighted by Gasteiger charge is 2.17. The molecule has 5 heteroatoms. The van der Waals surface area contributed by atoms with E-state index >= 15 is 0 Å². The quantitative estimate of drug-likeness (QED) is 0.588. The predicted molar refractivity (Wildman–Crippen MR) is 60.2 cm³/mol. The van der Waals surface area contributed by atoms with Crippen molar-refractivity contribution in [3.8, 4) is 17.2 Å². The first-order valence-electron chi connectivity index (χ1n) is 4.94. The molecule has 1 aromatic carbocycles. The predicted octanol–water partition coefficient (Wildman–Crippen LogP) is 1.45. The zero-order valence-electron chi connectivity index (χ0n) is 9.69. The van der Waals surface area contributed by atoms with Crippen LogP contribution in [0, 0.1) is 0 Å². The maximum atomic E-state index is 8.89. The van der Waals surface area contributed by atoms with Crippen molar-refractivity contribution in [2.45, 2.75) is 19.4 Å². The van der Waals surface area contributed by atoms with Gasteiger partial charge in [0, 0.05) is 11.6 Å². The summed E-state index contributed by atoms with van der Waals surface area (Å²) in [5.74, 6) is 1.11. The third-order valence-corrected chi connectivity index (χ3v) is 2.21. The number of rotatable bonds is 5. The fourth-order valence-electron chi connectivity index (χ4n) is 1.55. The van der Waals surface area contributed by atoms with Gasteiger partial charge in [0.2, 0.25) is 11.5 Å². The van der Waals surface area contributed by atoms with E-state index in [1.807, 2.05) is 6.92 Å². The topological polar surface area (TPSA) is 73.9 Å². The molecule has 1 atom stereocenters. The third kappa shape index (κ3) is 2.56. The zero-order valence-corrected chi connectivity index (χ0v) is 9.69. The summed E-state index contributed by atoms with van der Waals surface area (Å²) in [6.07, 6.45) is 0.580. The van der Waals surface area contributed by atoms with Crippen molar-refractivity contribution in [2.75, 3.05) is 14.2 Å². The summed E-state index contributed by atoms with van der Waals surface area (Å²) in [6, 6.07) is 3.50. The molecule has 0 aliphatic rings. The standard InChI is InChI=1S/C11H17NO4/c1-7(12)6-8-4-5-9(14-2)11(15-3)10(8)16-13/h4-5,7,13H,6,12H2,1-3H3. The molecule has 0 aromatic heterocycles. The number of hydrogen-bond donors (Lipinski definition) is 2. The summed E-state index contributed by atoms with van der Waals surface area (Å²) in [5.41, 5.74) is 6.47. The van der Waals surface area contributed by atoms with Crippen molar-refractivity contribution >= 4 is 0 Å². The molecule has 3 N–H and O–H groups in total. The molecule has 1 unspecified atom stereocenters. The molecule has 1 rings (SSSR count). The lowest BCUT2D eigenvalue weighted by molar-refractivity contribution is -0.139. The Hall–Kier alpha value is -1.46. The molecule has 90 valence electrons. The number of benzene rings is 1. The van der Waals surface area contributed by atoms with Gasteiger partial charge < -0.3 is 20.1 Å². The molecule has 5 nitrogen and oxygen atoms in total. The minimum atomic E-state index is -0.0352. The lowest BCUT2D eigenvalue weighted by Gasteiger charge is -2.15. The number of ether oxygens (including phenoxy) is 2. The minimum absolute atomic E-state index is 0.0352. The maximum absolute atomic E-state index is 8.89. The molecule has 0 spiro atoms. The summed E-state index contributed by atoms with van der Waals surface area (Å²) >= 11 is 0. The van der Waals surface area contributed by atoms with Gasteiger partial charge in [-0.15, -0.1) is 0 Å². The highest BCUT2D eigenvalue weighted by Crippen LogP contribution is 2.39. The summed E-state index contributed by atoms with van der Waals surface area (Å²) in [4.78, 5) is 4.35. The van der Waals surface area contributed by atoms with Crippen molar-refractivity contribution in [1.82, 2.24) is 0 Å². The van der Waals surface area contributed by atoms with Crippen LogP contribution in [0.3, 0.4) is 0 Å². The van der Waals surface area contributed by atoms with Gasteiger partial charge in [0.1, 0.15) is 0 Å². The van der Waals surface area contributed by atoms with Gasteiger partial charge in [0.05, 0.1) is 14.2 Å². The molecule has 0 radical (unpaired) electrons. The molecular weight excluding hydrogens is 210 g/mol. The first-order valence-corrected chi connectivity index (χ1v) is 4.94. The van der Waals surface area contributed by atoms with Crippen LogP contribution in [-0.2, 0) is 6.42 Å². The third-order valence-electron chi connectivity index (χ3n) is 2.21. The Morgan fingerprint density at radius 3 is 2.38 bits per heavy atom. The molecule has 1 aromatic rings. The maximum Gasteiger partial charge on any atom is 0.214 e. The van der Waals surface area contributed by atoms with Crippen molar-refractivity contribution in [3.05, 3.63) is 17.7 Å². The Labute approximate surface area is 94.7 Å². The molecule has 0 fully saturated rings. The van der Waals surface area contributed by atoms with E-state index in [2.05, 4.69) is 4.89 Å². The van der Waals surface area contributed by atoms with Crippen molar-refractivity contribution < 1.29 is 19.6 Å². The number of methoxy groups -OCH3 is 2. The molecule has 0 saturated carbocycles. The van der Waals surface area contributed by atoms with E-state index in [0.717, 1.165) is 5.56 Å². The molecule has 0 saturated heterocycles. The molecule has 0 aliphatic carbocycles. The second-order valence-corrected chi connectivity index (χ2v) is 3.56. The second-order valence-electron chi connectivity index (χ2n) is 3.56. The van der Waals surface area contributed by atoms with Crippen LogP contribution in [0.1, 0.15) is 12.5 Å². The van der Waals surface area contributed by atoms with Crippen LogP contribution in [0.25, 0.3) is 0 Å². The summed E-state index contributed by atoms with van der Waals surface area (Å²) in [5, 5.41) is 8.89. The smallest absolute Gasteiger partial charge is 0.214 e. The van der Waals surface area contributed by atoms with Gasteiger partial charge in [0.15, 0.2) is 5.75 Å². The fraction of sp³-hybridized carbons (Fsp3) is 0.455. The second kappa shape index (κ2) is 5.58. The Morgan fingerprint density at radius 1 is 1.25 bits per heavy atom. The monoisotopic (exact) mass is 227 g/mol. The Kier molecular flexibility index (Phi) is 4.39. The first kappa shape index (κ1) is 12.6. The Morgan fingerprint density at radius 2 is 1.94 bits per heavy atom. The first-order chi connectivity index (χ1) is 7.63. The molecule has 0 bridgehead atoms. The highest BCUT2D eigenvalue weighted by molar-refractivity contribution is 5.55. The Balaban J connectivity index is 3.20. The van der Waals surface area contributed by atoms with E-state index in [4.69, 9.17) is 20.5 Å². The van der Waals surface area contributed by atoms with Crippen LogP contribution < -0.4 is 20.1 Å². The van der Waals surface area contributed by atoms with Gasteiger partial charge in [-0.3, -0.25) is 0 Å². The average Bonchev–Trinajstić information content (AvgIpc) is 2.27. The molecule has 0 aliphatic heterocycles.